The van der Waals surface area contributed by atoms with Gasteiger partial charge in [-0.15, -0.1) is 0 Å². The minimum atomic E-state index is 0.632. The molecule has 0 amide bonds. The lowest BCUT2D eigenvalue weighted by Gasteiger charge is -2.17. The van der Waals surface area contributed by atoms with Crippen molar-refractivity contribution in [1.29, 1.82) is 0 Å². The SMILES string of the molecule is c1ccc(-c2nc(-c3ccc4c(ccc5c6ccccc6ccc45)c3)nc(-c3c(-n4c5ccccc5c5ccccc54)ccc4ccccc34)n2)cc1. The molecule has 2 aromatic heterocycles. The van der Waals surface area contributed by atoms with E-state index in [1.54, 1.807) is 0 Å². The van der Waals surface area contributed by atoms with Gasteiger partial charge in [0, 0.05) is 21.9 Å². The second-order valence-corrected chi connectivity index (χ2v) is 13.6. The van der Waals surface area contributed by atoms with Gasteiger partial charge < -0.3 is 4.57 Å². The molecule has 0 atom stereocenters. The van der Waals surface area contributed by atoms with Crippen LogP contribution in [-0.2, 0) is 0 Å². The van der Waals surface area contributed by atoms with Crippen LogP contribution in [-0.4, -0.2) is 19.5 Å². The van der Waals surface area contributed by atoms with E-state index in [0.29, 0.717) is 17.5 Å². The minimum absolute atomic E-state index is 0.632. The molecule has 0 spiro atoms. The fourth-order valence-electron chi connectivity index (χ4n) is 8.16. The van der Waals surface area contributed by atoms with Crippen molar-refractivity contribution in [1.82, 2.24) is 19.5 Å². The Bertz CT molecular complexity index is 3180. The van der Waals surface area contributed by atoms with E-state index in [9.17, 15) is 0 Å². The normalized spacial score (nSPS) is 11.8. The predicted molar refractivity (Wildman–Crippen MR) is 220 cm³/mol. The van der Waals surface area contributed by atoms with Crippen LogP contribution in [0.4, 0.5) is 0 Å². The van der Waals surface area contributed by atoms with Crippen LogP contribution in [0.15, 0.2) is 182 Å². The average molecular weight is 675 g/mol. The molecule has 0 N–H and O–H groups in total. The van der Waals surface area contributed by atoms with Gasteiger partial charge in [0.05, 0.1) is 22.3 Å². The maximum atomic E-state index is 5.35. The third-order valence-electron chi connectivity index (χ3n) is 10.6. The van der Waals surface area contributed by atoms with Crippen LogP contribution in [0.1, 0.15) is 0 Å². The first-order chi connectivity index (χ1) is 26.3. The number of benzene rings is 9. The maximum Gasteiger partial charge on any atom is 0.166 e. The zero-order valence-corrected chi connectivity index (χ0v) is 28.6. The van der Waals surface area contributed by atoms with Crippen molar-refractivity contribution < 1.29 is 0 Å². The molecule has 0 aliphatic carbocycles. The second kappa shape index (κ2) is 11.7. The van der Waals surface area contributed by atoms with Crippen molar-refractivity contribution in [2.24, 2.45) is 0 Å². The van der Waals surface area contributed by atoms with Crippen LogP contribution in [0, 0.1) is 0 Å². The topological polar surface area (TPSA) is 43.6 Å². The number of hydrogen-bond acceptors (Lipinski definition) is 3. The summed E-state index contributed by atoms with van der Waals surface area (Å²) in [4.78, 5) is 15.8. The van der Waals surface area contributed by atoms with Gasteiger partial charge in [-0.1, -0.05) is 158 Å². The molecule has 2 heterocycles. The molecule has 11 aromatic rings. The number of fused-ring (bicyclic) bond motifs is 9. The van der Waals surface area contributed by atoms with E-state index < -0.39 is 0 Å². The van der Waals surface area contributed by atoms with Gasteiger partial charge in [-0.25, -0.2) is 15.0 Å². The Kier molecular flexibility index (Phi) is 6.52. The van der Waals surface area contributed by atoms with Gasteiger partial charge in [0.2, 0.25) is 0 Å². The fraction of sp³-hybridized carbons (Fsp3) is 0. The highest BCUT2D eigenvalue weighted by molar-refractivity contribution is 6.17. The summed E-state index contributed by atoms with van der Waals surface area (Å²) in [5.41, 5.74) is 6.14. The Hall–Kier alpha value is -7.17. The van der Waals surface area contributed by atoms with Crippen molar-refractivity contribution >= 4 is 64.9 Å². The van der Waals surface area contributed by atoms with Gasteiger partial charge >= 0.3 is 0 Å². The first-order valence-electron chi connectivity index (χ1n) is 18.0. The van der Waals surface area contributed by atoms with Crippen LogP contribution < -0.4 is 0 Å². The number of hydrogen-bond donors (Lipinski definition) is 0. The predicted octanol–water partition coefficient (Wildman–Crippen LogP) is 12.6. The molecule has 0 aliphatic heterocycles. The molecule has 0 aliphatic rings. The smallest absolute Gasteiger partial charge is 0.166 e. The monoisotopic (exact) mass is 674 g/mol. The molecular weight excluding hydrogens is 645 g/mol. The van der Waals surface area contributed by atoms with E-state index in [4.69, 9.17) is 15.0 Å². The fourth-order valence-corrected chi connectivity index (χ4v) is 8.16. The lowest BCUT2D eigenvalue weighted by Crippen LogP contribution is -2.04. The number of rotatable bonds is 4. The third kappa shape index (κ3) is 4.66. The highest BCUT2D eigenvalue weighted by Crippen LogP contribution is 2.40. The third-order valence-corrected chi connectivity index (χ3v) is 10.6. The molecule has 4 nitrogen and oxygen atoms in total. The molecule has 0 unspecified atom stereocenters. The van der Waals surface area contributed by atoms with E-state index in [1.165, 1.54) is 37.7 Å². The zero-order chi connectivity index (χ0) is 34.9. The van der Waals surface area contributed by atoms with Crippen LogP contribution in [0.5, 0.6) is 0 Å². The van der Waals surface area contributed by atoms with Gasteiger partial charge in [-0.3, -0.25) is 0 Å². The van der Waals surface area contributed by atoms with Crippen LogP contribution in [0.25, 0.3) is 105 Å². The Labute approximate surface area is 305 Å². The molecule has 4 heteroatoms. The van der Waals surface area contributed by atoms with E-state index >= 15 is 0 Å². The van der Waals surface area contributed by atoms with Gasteiger partial charge in [0.25, 0.3) is 0 Å². The molecule has 0 saturated carbocycles. The van der Waals surface area contributed by atoms with Crippen molar-refractivity contribution in [3.8, 4) is 39.9 Å². The summed E-state index contributed by atoms with van der Waals surface area (Å²) in [5, 5.41) is 12.0. The summed E-state index contributed by atoms with van der Waals surface area (Å²) >= 11 is 0. The lowest BCUT2D eigenvalue weighted by atomic mass is 9.96. The summed E-state index contributed by atoms with van der Waals surface area (Å²) in [6, 6.07) is 64.5. The Balaban J connectivity index is 1.19. The minimum Gasteiger partial charge on any atom is -0.308 e. The van der Waals surface area contributed by atoms with Gasteiger partial charge in [0.1, 0.15) is 0 Å². The van der Waals surface area contributed by atoms with E-state index in [2.05, 4.69) is 168 Å². The van der Waals surface area contributed by atoms with E-state index in [1.807, 2.05) is 18.2 Å². The quantitative estimate of drug-likeness (QED) is 0.175. The van der Waals surface area contributed by atoms with Crippen molar-refractivity contribution in [2.75, 3.05) is 0 Å². The van der Waals surface area contributed by atoms with Crippen LogP contribution in [0.3, 0.4) is 0 Å². The number of aromatic nitrogens is 4. The molecule has 0 fully saturated rings. The molecule has 0 saturated heterocycles. The molecule has 0 radical (unpaired) electrons. The molecule has 11 rings (SSSR count). The molecule has 0 bridgehead atoms. The first-order valence-corrected chi connectivity index (χ1v) is 18.0. The summed E-state index contributed by atoms with van der Waals surface area (Å²) in [6.45, 7) is 0. The summed E-state index contributed by atoms with van der Waals surface area (Å²) < 4.78 is 2.36. The van der Waals surface area contributed by atoms with Gasteiger partial charge in [-0.05, 0) is 67.4 Å². The zero-order valence-electron chi connectivity index (χ0n) is 28.6. The van der Waals surface area contributed by atoms with Crippen LogP contribution >= 0.6 is 0 Å². The van der Waals surface area contributed by atoms with E-state index in [0.717, 1.165) is 49.6 Å². The Morgan fingerprint density at radius 2 is 0.792 bits per heavy atom. The maximum absolute atomic E-state index is 5.35. The molecule has 9 aromatic carbocycles. The Morgan fingerprint density at radius 1 is 0.302 bits per heavy atom. The lowest BCUT2D eigenvalue weighted by molar-refractivity contribution is 1.07. The average Bonchev–Trinajstić information content (AvgIpc) is 3.57. The highest BCUT2D eigenvalue weighted by Gasteiger charge is 2.21. The molecule has 53 heavy (non-hydrogen) atoms. The van der Waals surface area contributed by atoms with Crippen molar-refractivity contribution in [3.63, 3.8) is 0 Å². The van der Waals surface area contributed by atoms with Crippen LogP contribution in [0.2, 0.25) is 0 Å². The molecular formula is C49H30N4. The summed E-state index contributed by atoms with van der Waals surface area (Å²) in [7, 11) is 0. The largest absolute Gasteiger partial charge is 0.308 e. The van der Waals surface area contributed by atoms with Gasteiger partial charge in [0.15, 0.2) is 17.5 Å². The standard InChI is InChI=1S/C49H30N4/c1-2-14-33(15-3-1)47-50-48(35-24-26-37-34(30-35)23-28-39-36-16-6-4-12-31(36)22-27-40(37)39)52-49(51-47)46-38-17-7-5-13-32(38)25-29-45(46)53-43-20-10-8-18-41(43)42-19-9-11-21-44(42)53/h1-30H. The van der Waals surface area contributed by atoms with Crippen molar-refractivity contribution in [3.05, 3.63) is 182 Å². The second-order valence-electron chi connectivity index (χ2n) is 13.6. The molecule has 246 valence electrons. The Morgan fingerprint density at radius 3 is 1.51 bits per heavy atom. The van der Waals surface area contributed by atoms with E-state index in [-0.39, 0.29) is 0 Å². The number of nitrogens with zero attached hydrogens (tertiary/aromatic N) is 4. The highest BCUT2D eigenvalue weighted by atomic mass is 15.1. The number of para-hydroxylation sites is 2. The summed E-state index contributed by atoms with van der Waals surface area (Å²) in [5.74, 6) is 1.90. The van der Waals surface area contributed by atoms with Gasteiger partial charge in [-0.2, -0.15) is 0 Å². The first kappa shape index (κ1) is 29.5. The summed E-state index contributed by atoms with van der Waals surface area (Å²) in [6.07, 6.45) is 0. The van der Waals surface area contributed by atoms with Crippen molar-refractivity contribution in [2.45, 2.75) is 0 Å².